The van der Waals surface area contributed by atoms with Gasteiger partial charge in [-0.25, -0.2) is 8.78 Å². The Balaban J connectivity index is 3.20. The number of unbranched alkanes of at least 4 members (excludes halogenated alkanes) is 2. The highest BCUT2D eigenvalue weighted by atomic mass is 32.2. The van der Waals surface area contributed by atoms with Crippen LogP contribution in [0.5, 0.6) is 0 Å². The molecule has 0 fully saturated rings. The largest absolute Gasteiger partial charge is 0.452 e. The molecule has 2 nitrogen and oxygen atoms in total. The van der Waals surface area contributed by atoms with E-state index in [1.54, 1.807) is 0 Å². The molecular weight excluding hydrogens is 222 g/mol. The molecule has 0 saturated carbocycles. The first kappa shape index (κ1) is 14.7. The topological polar surface area (TPSA) is 26.3 Å². The fourth-order valence-electron chi connectivity index (χ4n) is 1.09. The molecule has 0 N–H and O–H groups in total. The van der Waals surface area contributed by atoms with Gasteiger partial charge in [0, 0.05) is 13.3 Å². The van der Waals surface area contributed by atoms with Gasteiger partial charge in [-0.15, -0.1) is 11.8 Å². The minimum atomic E-state index is -2.18. The molecule has 0 aliphatic heterocycles. The van der Waals surface area contributed by atoms with Crippen molar-refractivity contribution in [2.75, 3.05) is 5.75 Å². The van der Waals surface area contributed by atoms with Crippen LogP contribution in [0.2, 0.25) is 0 Å². The number of halogens is 2. The van der Waals surface area contributed by atoms with Crippen molar-refractivity contribution in [1.82, 2.24) is 0 Å². The first-order valence-electron chi connectivity index (χ1n) is 5.09. The van der Waals surface area contributed by atoms with Crippen molar-refractivity contribution >= 4 is 17.7 Å². The standard InChI is InChI=1S/C10H18F2O2S/c1-8(13)14-9(2)15-7-5-3-4-6-10(11)12/h9-10H,3-7H2,1-2H3. The maximum Gasteiger partial charge on any atom is 0.303 e. The Morgan fingerprint density at radius 1 is 1.33 bits per heavy atom. The third-order valence-corrected chi connectivity index (χ3v) is 2.84. The molecule has 0 aromatic carbocycles. The predicted octanol–water partition coefficient (Wildman–Crippen LogP) is 3.45. The summed E-state index contributed by atoms with van der Waals surface area (Å²) in [6, 6.07) is 0. The van der Waals surface area contributed by atoms with Crippen LogP contribution in [0.3, 0.4) is 0 Å². The number of hydrogen-bond acceptors (Lipinski definition) is 3. The monoisotopic (exact) mass is 240 g/mol. The van der Waals surface area contributed by atoms with Gasteiger partial charge < -0.3 is 4.74 Å². The lowest BCUT2D eigenvalue weighted by Crippen LogP contribution is -2.08. The van der Waals surface area contributed by atoms with Gasteiger partial charge in [0.25, 0.3) is 0 Å². The van der Waals surface area contributed by atoms with Gasteiger partial charge in [0.2, 0.25) is 6.43 Å². The summed E-state index contributed by atoms with van der Waals surface area (Å²) < 4.78 is 28.4. The summed E-state index contributed by atoms with van der Waals surface area (Å²) in [6.45, 7) is 3.19. The van der Waals surface area contributed by atoms with Crippen LogP contribution in [0.1, 0.15) is 39.5 Å². The average Bonchev–Trinajstić information content (AvgIpc) is 2.09. The van der Waals surface area contributed by atoms with Crippen LogP contribution in [0, 0.1) is 0 Å². The summed E-state index contributed by atoms with van der Waals surface area (Å²) in [5, 5.41) is 0. The maximum absolute atomic E-state index is 11.8. The summed E-state index contributed by atoms with van der Waals surface area (Å²) in [7, 11) is 0. The highest BCUT2D eigenvalue weighted by molar-refractivity contribution is 7.99. The van der Waals surface area contributed by atoms with Gasteiger partial charge >= 0.3 is 5.97 Å². The van der Waals surface area contributed by atoms with Gasteiger partial charge in [-0.1, -0.05) is 6.42 Å². The molecule has 5 heteroatoms. The van der Waals surface area contributed by atoms with Crippen LogP contribution in [0.4, 0.5) is 8.78 Å². The highest BCUT2D eigenvalue weighted by Gasteiger charge is 2.05. The fraction of sp³-hybridized carbons (Fsp3) is 0.900. The van der Waals surface area contributed by atoms with Gasteiger partial charge in [0.05, 0.1) is 0 Å². The number of ether oxygens (including phenoxy) is 1. The van der Waals surface area contributed by atoms with Crippen LogP contribution in [-0.4, -0.2) is 23.6 Å². The second-order valence-corrected chi connectivity index (χ2v) is 4.69. The van der Waals surface area contributed by atoms with E-state index >= 15 is 0 Å². The first-order valence-corrected chi connectivity index (χ1v) is 6.14. The van der Waals surface area contributed by atoms with E-state index in [1.165, 1.54) is 18.7 Å². The normalized spacial score (nSPS) is 12.9. The van der Waals surface area contributed by atoms with E-state index in [9.17, 15) is 13.6 Å². The first-order chi connectivity index (χ1) is 7.02. The second-order valence-electron chi connectivity index (χ2n) is 3.29. The van der Waals surface area contributed by atoms with E-state index in [-0.39, 0.29) is 17.8 Å². The van der Waals surface area contributed by atoms with E-state index in [1.807, 2.05) is 6.92 Å². The van der Waals surface area contributed by atoms with Gasteiger partial charge in [0.1, 0.15) is 5.44 Å². The van der Waals surface area contributed by atoms with E-state index < -0.39 is 6.43 Å². The molecule has 15 heavy (non-hydrogen) atoms. The van der Waals surface area contributed by atoms with Crippen molar-refractivity contribution in [3.63, 3.8) is 0 Å². The van der Waals surface area contributed by atoms with Crippen molar-refractivity contribution in [2.45, 2.75) is 51.4 Å². The summed E-state index contributed by atoms with van der Waals surface area (Å²) >= 11 is 1.53. The van der Waals surface area contributed by atoms with Gasteiger partial charge in [-0.2, -0.15) is 0 Å². The number of alkyl halides is 2. The minimum absolute atomic E-state index is 0.00976. The van der Waals surface area contributed by atoms with E-state index in [0.717, 1.165) is 18.6 Å². The lowest BCUT2D eigenvalue weighted by molar-refractivity contribution is -0.141. The molecule has 0 heterocycles. The molecule has 0 aliphatic carbocycles. The van der Waals surface area contributed by atoms with Crippen molar-refractivity contribution in [1.29, 1.82) is 0 Å². The van der Waals surface area contributed by atoms with E-state index in [4.69, 9.17) is 4.74 Å². The third-order valence-electron chi connectivity index (χ3n) is 1.75. The molecule has 0 aliphatic rings. The number of carbonyl (C=O) groups is 1. The van der Waals surface area contributed by atoms with Gasteiger partial charge in [-0.3, -0.25) is 4.79 Å². The molecule has 1 unspecified atom stereocenters. The summed E-state index contributed by atoms with van der Waals surface area (Å²) in [6.07, 6.45) is 0.0786. The molecule has 0 aromatic rings. The Hall–Kier alpha value is -0.320. The number of thioether (sulfide) groups is 1. The average molecular weight is 240 g/mol. The van der Waals surface area contributed by atoms with E-state index in [0.29, 0.717) is 6.42 Å². The molecule has 0 spiro atoms. The highest BCUT2D eigenvalue weighted by Crippen LogP contribution is 2.15. The number of hydrogen-bond donors (Lipinski definition) is 0. The molecule has 90 valence electrons. The zero-order valence-corrected chi connectivity index (χ0v) is 9.99. The lowest BCUT2D eigenvalue weighted by atomic mass is 10.2. The summed E-state index contributed by atoms with van der Waals surface area (Å²) in [4.78, 5) is 10.5. The van der Waals surface area contributed by atoms with Crippen LogP contribution in [0.25, 0.3) is 0 Å². The van der Waals surface area contributed by atoms with Gasteiger partial charge in [0.15, 0.2) is 0 Å². The van der Waals surface area contributed by atoms with Crippen molar-refractivity contribution in [2.24, 2.45) is 0 Å². The van der Waals surface area contributed by atoms with Crippen molar-refractivity contribution in [3.05, 3.63) is 0 Å². The smallest absolute Gasteiger partial charge is 0.303 e. The summed E-state index contributed by atoms with van der Waals surface area (Å²) in [5.74, 6) is 0.560. The predicted molar refractivity (Wildman–Crippen MR) is 58.2 cm³/mol. The molecule has 0 saturated heterocycles. The number of carbonyl (C=O) groups excluding carboxylic acids is 1. The SMILES string of the molecule is CC(=O)OC(C)SCCCCCC(F)F. The Kier molecular flexibility index (Phi) is 8.76. The maximum atomic E-state index is 11.8. The Morgan fingerprint density at radius 2 is 2.00 bits per heavy atom. The van der Waals surface area contributed by atoms with Crippen molar-refractivity contribution in [3.8, 4) is 0 Å². The number of rotatable bonds is 8. The van der Waals surface area contributed by atoms with Crippen LogP contribution >= 0.6 is 11.8 Å². The second kappa shape index (κ2) is 8.95. The van der Waals surface area contributed by atoms with Crippen LogP contribution in [-0.2, 0) is 9.53 Å². The fourth-order valence-corrected chi connectivity index (χ4v) is 2.00. The van der Waals surface area contributed by atoms with Crippen molar-refractivity contribution < 1.29 is 18.3 Å². The molecule has 1 atom stereocenters. The Morgan fingerprint density at radius 3 is 2.53 bits per heavy atom. The Bertz CT molecular complexity index is 177. The lowest BCUT2D eigenvalue weighted by Gasteiger charge is -2.10. The van der Waals surface area contributed by atoms with Crippen LogP contribution in [0.15, 0.2) is 0 Å². The Labute approximate surface area is 93.8 Å². The number of esters is 1. The van der Waals surface area contributed by atoms with Crippen LogP contribution < -0.4 is 0 Å². The molecule has 0 aromatic heterocycles. The minimum Gasteiger partial charge on any atom is -0.452 e. The zero-order chi connectivity index (χ0) is 11.7. The molecule has 0 amide bonds. The molecule has 0 radical (unpaired) electrons. The van der Waals surface area contributed by atoms with E-state index in [2.05, 4.69) is 0 Å². The quantitative estimate of drug-likeness (QED) is 0.369. The molecular formula is C10H18F2O2S. The molecule has 0 rings (SSSR count). The third kappa shape index (κ3) is 11.6. The zero-order valence-electron chi connectivity index (χ0n) is 9.17. The summed E-state index contributed by atoms with van der Waals surface area (Å²) in [5.41, 5.74) is -0.141. The van der Waals surface area contributed by atoms with Gasteiger partial charge in [-0.05, 0) is 25.5 Å². The molecule has 0 bridgehead atoms.